The Labute approximate surface area is 120 Å². The summed E-state index contributed by atoms with van der Waals surface area (Å²) in [5.74, 6) is 0. The predicted octanol–water partition coefficient (Wildman–Crippen LogP) is 1.03. The van der Waals surface area contributed by atoms with Crippen LogP contribution in [0.2, 0.25) is 0 Å². The van der Waals surface area contributed by atoms with Crippen molar-refractivity contribution in [1.29, 1.82) is 0 Å². The van der Waals surface area contributed by atoms with Crippen LogP contribution in [0.1, 0.15) is 25.3 Å². The van der Waals surface area contributed by atoms with E-state index in [0.29, 0.717) is 6.54 Å². The lowest BCUT2D eigenvalue weighted by Crippen LogP contribution is -2.31. The summed E-state index contributed by atoms with van der Waals surface area (Å²) in [6.45, 7) is 2.98. The zero-order valence-electron chi connectivity index (χ0n) is 11.7. The van der Waals surface area contributed by atoms with Crippen molar-refractivity contribution in [2.75, 3.05) is 13.2 Å². The maximum atomic E-state index is 12.1. The van der Waals surface area contributed by atoms with Crippen LogP contribution in [0.5, 0.6) is 0 Å². The van der Waals surface area contributed by atoms with Crippen LogP contribution in [-0.2, 0) is 21.2 Å². The van der Waals surface area contributed by atoms with Crippen molar-refractivity contribution in [2.24, 2.45) is 5.73 Å². The number of hydrogen-bond donors (Lipinski definition) is 2. The molecular formula is C14H22N2O3S. The van der Waals surface area contributed by atoms with Crippen LogP contribution in [0.4, 0.5) is 0 Å². The fraction of sp³-hybridized carbons (Fsp3) is 0.571. The molecular weight excluding hydrogens is 276 g/mol. The Morgan fingerprint density at radius 1 is 1.40 bits per heavy atom. The van der Waals surface area contributed by atoms with Crippen LogP contribution >= 0.6 is 0 Å². The molecule has 1 aliphatic rings. The van der Waals surface area contributed by atoms with E-state index in [4.69, 9.17) is 10.5 Å². The van der Waals surface area contributed by atoms with E-state index in [9.17, 15) is 8.42 Å². The third kappa shape index (κ3) is 4.28. The van der Waals surface area contributed by atoms with E-state index in [-0.39, 0.29) is 17.0 Å². The number of benzene rings is 1. The average molecular weight is 298 g/mol. The second-order valence-electron chi connectivity index (χ2n) is 5.31. The molecule has 6 heteroatoms. The van der Waals surface area contributed by atoms with Gasteiger partial charge in [0.1, 0.15) is 0 Å². The maximum Gasteiger partial charge on any atom is 0.240 e. The first-order valence-corrected chi connectivity index (χ1v) is 8.41. The molecule has 5 nitrogen and oxygen atoms in total. The molecule has 1 aromatic rings. The third-order valence-corrected chi connectivity index (χ3v) is 4.76. The molecule has 1 aliphatic heterocycles. The molecule has 0 spiro atoms. The van der Waals surface area contributed by atoms with Gasteiger partial charge in [0, 0.05) is 19.2 Å². The van der Waals surface area contributed by atoms with Crippen molar-refractivity contribution in [3.05, 3.63) is 29.8 Å². The second-order valence-corrected chi connectivity index (χ2v) is 7.08. The van der Waals surface area contributed by atoms with Crippen LogP contribution in [-0.4, -0.2) is 33.7 Å². The van der Waals surface area contributed by atoms with Gasteiger partial charge >= 0.3 is 0 Å². The molecule has 112 valence electrons. The van der Waals surface area contributed by atoms with Gasteiger partial charge < -0.3 is 10.5 Å². The van der Waals surface area contributed by atoms with Crippen LogP contribution < -0.4 is 10.5 Å². The summed E-state index contributed by atoms with van der Waals surface area (Å²) in [7, 11) is -3.45. The summed E-state index contributed by atoms with van der Waals surface area (Å²) < 4.78 is 32.3. The van der Waals surface area contributed by atoms with Gasteiger partial charge in [0.2, 0.25) is 10.0 Å². The zero-order chi connectivity index (χ0) is 14.6. The molecule has 2 rings (SSSR count). The quantitative estimate of drug-likeness (QED) is 0.822. The first-order valence-electron chi connectivity index (χ1n) is 6.93. The third-order valence-electron chi connectivity index (χ3n) is 3.32. The highest BCUT2D eigenvalue weighted by Crippen LogP contribution is 2.14. The van der Waals surface area contributed by atoms with Gasteiger partial charge in [-0.15, -0.1) is 0 Å². The number of hydrogen-bond acceptors (Lipinski definition) is 4. The summed E-state index contributed by atoms with van der Waals surface area (Å²) >= 11 is 0. The number of ether oxygens (including phenoxy) is 1. The highest BCUT2D eigenvalue weighted by atomic mass is 32.2. The lowest BCUT2D eigenvalue weighted by molar-refractivity contribution is 0.114. The molecule has 3 N–H and O–H groups in total. The Kier molecular flexibility index (Phi) is 5.15. The van der Waals surface area contributed by atoms with E-state index >= 15 is 0 Å². The Bertz CT molecular complexity index is 520. The van der Waals surface area contributed by atoms with E-state index < -0.39 is 10.0 Å². The number of sulfonamides is 1. The largest absolute Gasteiger partial charge is 0.377 e. The first kappa shape index (κ1) is 15.4. The summed E-state index contributed by atoms with van der Waals surface area (Å²) in [4.78, 5) is 0.281. The Hall–Kier alpha value is -0.950. The average Bonchev–Trinajstić information content (AvgIpc) is 2.89. The SMILES string of the molecule is CC(N)Cc1ccc(S(=O)(=O)NCC2CCCO2)cc1. The molecule has 2 atom stereocenters. The fourth-order valence-corrected chi connectivity index (χ4v) is 3.33. The minimum absolute atomic E-state index is 0.00198. The molecule has 0 aliphatic carbocycles. The fourth-order valence-electron chi connectivity index (χ4n) is 2.27. The summed E-state index contributed by atoms with van der Waals surface area (Å²) in [6.07, 6.45) is 2.65. The minimum atomic E-state index is -3.45. The lowest BCUT2D eigenvalue weighted by atomic mass is 10.1. The van der Waals surface area contributed by atoms with Gasteiger partial charge in [-0.2, -0.15) is 0 Å². The Morgan fingerprint density at radius 2 is 2.10 bits per heavy atom. The van der Waals surface area contributed by atoms with Crippen LogP contribution in [0.25, 0.3) is 0 Å². The highest BCUT2D eigenvalue weighted by Gasteiger charge is 2.20. The van der Waals surface area contributed by atoms with Crippen LogP contribution in [0, 0.1) is 0 Å². The molecule has 0 bridgehead atoms. The van der Waals surface area contributed by atoms with E-state index in [1.54, 1.807) is 12.1 Å². The van der Waals surface area contributed by atoms with Crippen LogP contribution in [0.15, 0.2) is 29.2 Å². The van der Waals surface area contributed by atoms with Crippen molar-refractivity contribution in [3.63, 3.8) is 0 Å². The van der Waals surface area contributed by atoms with Gasteiger partial charge in [0.05, 0.1) is 11.0 Å². The molecule has 1 heterocycles. The number of nitrogens with one attached hydrogen (secondary N) is 1. The van der Waals surface area contributed by atoms with Crippen molar-refractivity contribution in [2.45, 2.75) is 43.2 Å². The maximum absolute atomic E-state index is 12.1. The van der Waals surface area contributed by atoms with E-state index in [1.165, 1.54) is 0 Å². The van der Waals surface area contributed by atoms with E-state index in [1.807, 2.05) is 19.1 Å². The van der Waals surface area contributed by atoms with E-state index in [2.05, 4.69) is 4.72 Å². The normalized spacial score (nSPS) is 21.0. The van der Waals surface area contributed by atoms with Gasteiger partial charge in [0.15, 0.2) is 0 Å². The topological polar surface area (TPSA) is 81.4 Å². The Balaban J connectivity index is 1.97. The Morgan fingerprint density at radius 3 is 2.65 bits per heavy atom. The smallest absolute Gasteiger partial charge is 0.240 e. The second kappa shape index (κ2) is 6.67. The van der Waals surface area contributed by atoms with Gasteiger partial charge in [-0.25, -0.2) is 13.1 Å². The highest BCUT2D eigenvalue weighted by molar-refractivity contribution is 7.89. The monoisotopic (exact) mass is 298 g/mol. The predicted molar refractivity (Wildman–Crippen MR) is 78.0 cm³/mol. The molecule has 0 amide bonds. The molecule has 0 saturated carbocycles. The summed E-state index contributed by atoms with van der Waals surface area (Å²) in [6, 6.07) is 6.93. The van der Waals surface area contributed by atoms with Crippen LogP contribution in [0.3, 0.4) is 0 Å². The molecule has 1 fully saturated rings. The van der Waals surface area contributed by atoms with Crippen molar-refractivity contribution in [3.8, 4) is 0 Å². The van der Waals surface area contributed by atoms with E-state index in [0.717, 1.165) is 31.4 Å². The standard InChI is InChI=1S/C14H22N2O3S/c1-11(15)9-12-4-6-14(7-5-12)20(17,18)16-10-13-3-2-8-19-13/h4-7,11,13,16H,2-3,8-10,15H2,1H3. The van der Waals surface area contributed by atoms with Crippen molar-refractivity contribution < 1.29 is 13.2 Å². The molecule has 1 saturated heterocycles. The van der Waals surface area contributed by atoms with Gasteiger partial charge in [-0.1, -0.05) is 12.1 Å². The zero-order valence-corrected chi connectivity index (χ0v) is 12.5. The molecule has 0 radical (unpaired) electrons. The summed E-state index contributed by atoms with van der Waals surface area (Å²) in [5.41, 5.74) is 6.76. The molecule has 0 aromatic heterocycles. The summed E-state index contributed by atoms with van der Waals surface area (Å²) in [5, 5.41) is 0. The van der Waals surface area contributed by atoms with Gasteiger partial charge in [-0.3, -0.25) is 0 Å². The van der Waals surface area contributed by atoms with Crippen molar-refractivity contribution >= 4 is 10.0 Å². The molecule has 2 unspecified atom stereocenters. The number of rotatable bonds is 6. The minimum Gasteiger partial charge on any atom is -0.377 e. The number of nitrogens with two attached hydrogens (primary N) is 1. The first-order chi connectivity index (χ1) is 9.47. The molecule has 20 heavy (non-hydrogen) atoms. The van der Waals surface area contributed by atoms with Gasteiger partial charge in [-0.05, 0) is 43.9 Å². The van der Waals surface area contributed by atoms with Gasteiger partial charge in [0.25, 0.3) is 0 Å². The van der Waals surface area contributed by atoms with Crippen molar-refractivity contribution in [1.82, 2.24) is 4.72 Å². The molecule has 1 aromatic carbocycles. The lowest BCUT2D eigenvalue weighted by Gasteiger charge is -2.12.